The van der Waals surface area contributed by atoms with Gasteiger partial charge in [-0.05, 0) is 24.6 Å². The van der Waals surface area contributed by atoms with Crippen LogP contribution in [0.4, 0.5) is 5.69 Å². The molecule has 1 aromatic carbocycles. The van der Waals surface area contributed by atoms with Gasteiger partial charge in [0.15, 0.2) is 0 Å². The van der Waals surface area contributed by atoms with Gasteiger partial charge < -0.3 is 15.2 Å². The molecule has 3 heteroatoms. The number of benzene rings is 1. The maximum absolute atomic E-state index is 8.91. The van der Waals surface area contributed by atoms with E-state index < -0.39 is 0 Å². The van der Waals surface area contributed by atoms with E-state index in [2.05, 4.69) is 5.32 Å². The Balaban J connectivity index is 2.26. The van der Waals surface area contributed by atoms with Gasteiger partial charge in [-0.25, -0.2) is 0 Å². The number of aliphatic hydroxyl groups excluding tert-OH is 1. The molecule has 0 saturated carbocycles. The van der Waals surface area contributed by atoms with E-state index in [4.69, 9.17) is 9.84 Å². The molecule has 0 saturated heterocycles. The lowest BCUT2D eigenvalue weighted by Gasteiger charge is -2.26. The first-order chi connectivity index (χ1) is 6.29. The van der Waals surface area contributed by atoms with Crippen LogP contribution < -0.4 is 10.1 Å². The SMILES string of the molecule is Cc1ccc2c(c1)NC[C@H](CO)O2. The first kappa shape index (κ1) is 8.38. The third-order valence-corrected chi connectivity index (χ3v) is 2.15. The highest BCUT2D eigenvalue weighted by Crippen LogP contribution is 2.29. The van der Waals surface area contributed by atoms with Crippen molar-refractivity contribution in [1.29, 1.82) is 0 Å². The second kappa shape index (κ2) is 3.26. The van der Waals surface area contributed by atoms with E-state index >= 15 is 0 Å². The second-order valence-corrected chi connectivity index (χ2v) is 3.30. The van der Waals surface area contributed by atoms with Crippen LogP contribution in [0.3, 0.4) is 0 Å². The Hall–Kier alpha value is -1.22. The van der Waals surface area contributed by atoms with Crippen molar-refractivity contribution < 1.29 is 9.84 Å². The number of ether oxygens (including phenoxy) is 1. The Kier molecular flexibility index (Phi) is 2.10. The van der Waals surface area contributed by atoms with Gasteiger partial charge in [0, 0.05) is 0 Å². The van der Waals surface area contributed by atoms with Crippen LogP contribution in [0.5, 0.6) is 5.75 Å². The lowest BCUT2D eigenvalue weighted by molar-refractivity contribution is 0.120. The molecule has 1 atom stereocenters. The van der Waals surface area contributed by atoms with Gasteiger partial charge in [0.25, 0.3) is 0 Å². The summed E-state index contributed by atoms with van der Waals surface area (Å²) >= 11 is 0. The lowest BCUT2D eigenvalue weighted by Crippen LogP contribution is -2.33. The lowest BCUT2D eigenvalue weighted by atomic mass is 10.1. The van der Waals surface area contributed by atoms with Gasteiger partial charge in [0.1, 0.15) is 11.9 Å². The Morgan fingerprint density at radius 2 is 2.46 bits per heavy atom. The number of aliphatic hydroxyl groups is 1. The molecule has 0 amide bonds. The summed E-state index contributed by atoms with van der Waals surface area (Å²) in [4.78, 5) is 0. The van der Waals surface area contributed by atoms with Gasteiger partial charge in [-0.2, -0.15) is 0 Å². The zero-order chi connectivity index (χ0) is 9.26. The molecule has 0 spiro atoms. The number of aryl methyl sites for hydroxylation is 1. The van der Waals surface area contributed by atoms with Crippen LogP contribution in [0.25, 0.3) is 0 Å². The maximum Gasteiger partial charge on any atom is 0.143 e. The van der Waals surface area contributed by atoms with E-state index in [-0.39, 0.29) is 12.7 Å². The molecule has 0 fully saturated rings. The first-order valence-corrected chi connectivity index (χ1v) is 4.41. The van der Waals surface area contributed by atoms with Crippen molar-refractivity contribution in [2.45, 2.75) is 13.0 Å². The van der Waals surface area contributed by atoms with Crippen LogP contribution in [-0.2, 0) is 0 Å². The third-order valence-electron chi connectivity index (χ3n) is 2.15. The molecular weight excluding hydrogens is 166 g/mol. The average molecular weight is 179 g/mol. The number of nitrogens with one attached hydrogen (secondary N) is 1. The van der Waals surface area contributed by atoms with E-state index in [1.165, 1.54) is 5.56 Å². The molecule has 2 N–H and O–H groups in total. The standard InChI is InChI=1S/C10H13NO2/c1-7-2-3-10-9(4-7)11-5-8(6-12)13-10/h2-4,8,11-12H,5-6H2,1H3/t8-/m1/s1. The molecule has 1 aliphatic rings. The number of anilines is 1. The van der Waals surface area contributed by atoms with E-state index in [0.717, 1.165) is 11.4 Å². The smallest absolute Gasteiger partial charge is 0.143 e. The van der Waals surface area contributed by atoms with E-state index in [1.54, 1.807) is 0 Å². The fourth-order valence-electron chi connectivity index (χ4n) is 1.43. The van der Waals surface area contributed by atoms with Gasteiger partial charge in [-0.15, -0.1) is 0 Å². The Bertz CT molecular complexity index is 312. The van der Waals surface area contributed by atoms with Gasteiger partial charge in [-0.1, -0.05) is 6.07 Å². The molecule has 1 aromatic rings. The fraction of sp³-hybridized carbons (Fsp3) is 0.400. The van der Waals surface area contributed by atoms with Crippen molar-refractivity contribution >= 4 is 5.69 Å². The molecule has 0 radical (unpaired) electrons. The Labute approximate surface area is 77.3 Å². The average Bonchev–Trinajstić information content (AvgIpc) is 2.17. The van der Waals surface area contributed by atoms with Crippen molar-refractivity contribution in [3.05, 3.63) is 23.8 Å². The number of hydrogen-bond acceptors (Lipinski definition) is 3. The molecule has 0 aromatic heterocycles. The van der Waals surface area contributed by atoms with Crippen LogP contribution in [-0.4, -0.2) is 24.4 Å². The number of rotatable bonds is 1. The minimum atomic E-state index is -0.116. The summed E-state index contributed by atoms with van der Waals surface area (Å²) < 4.78 is 5.52. The van der Waals surface area contributed by atoms with Crippen molar-refractivity contribution in [3.63, 3.8) is 0 Å². The second-order valence-electron chi connectivity index (χ2n) is 3.30. The summed E-state index contributed by atoms with van der Waals surface area (Å²) in [5, 5.41) is 12.1. The molecule has 0 aliphatic carbocycles. The summed E-state index contributed by atoms with van der Waals surface area (Å²) in [6, 6.07) is 5.97. The van der Waals surface area contributed by atoms with Crippen molar-refractivity contribution in [3.8, 4) is 5.75 Å². The van der Waals surface area contributed by atoms with Crippen LogP contribution >= 0.6 is 0 Å². The predicted molar refractivity (Wildman–Crippen MR) is 51.2 cm³/mol. The van der Waals surface area contributed by atoms with Gasteiger partial charge in [0.2, 0.25) is 0 Å². The van der Waals surface area contributed by atoms with E-state index in [1.807, 2.05) is 25.1 Å². The van der Waals surface area contributed by atoms with Gasteiger partial charge in [-0.3, -0.25) is 0 Å². The van der Waals surface area contributed by atoms with E-state index in [9.17, 15) is 0 Å². The first-order valence-electron chi connectivity index (χ1n) is 4.41. The van der Waals surface area contributed by atoms with Gasteiger partial charge >= 0.3 is 0 Å². The van der Waals surface area contributed by atoms with Gasteiger partial charge in [0.05, 0.1) is 18.8 Å². The summed E-state index contributed by atoms with van der Waals surface area (Å²) in [5.41, 5.74) is 2.22. The van der Waals surface area contributed by atoms with Crippen LogP contribution in [0.1, 0.15) is 5.56 Å². The zero-order valence-electron chi connectivity index (χ0n) is 7.58. The topological polar surface area (TPSA) is 41.5 Å². The number of hydrogen-bond donors (Lipinski definition) is 2. The monoisotopic (exact) mass is 179 g/mol. The zero-order valence-corrected chi connectivity index (χ0v) is 7.58. The van der Waals surface area contributed by atoms with Crippen LogP contribution in [0.2, 0.25) is 0 Å². The molecule has 1 aliphatic heterocycles. The normalized spacial score (nSPS) is 20.0. The third kappa shape index (κ3) is 1.60. The summed E-state index contributed by atoms with van der Waals surface area (Å²) in [5.74, 6) is 0.830. The Morgan fingerprint density at radius 3 is 3.23 bits per heavy atom. The summed E-state index contributed by atoms with van der Waals surface area (Å²) in [7, 11) is 0. The van der Waals surface area contributed by atoms with E-state index in [0.29, 0.717) is 6.54 Å². The quantitative estimate of drug-likeness (QED) is 0.679. The van der Waals surface area contributed by atoms with Crippen molar-refractivity contribution in [2.24, 2.45) is 0 Å². The molecule has 0 bridgehead atoms. The predicted octanol–water partition coefficient (Wildman–Crippen LogP) is 1.16. The number of fused-ring (bicyclic) bond motifs is 1. The highest BCUT2D eigenvalue weighted by atomic mass is 16.5. The molecule has 13 heavy (non-hydrogen) atoms. The van der Waals surface area contributed by atoms with Crippen molar-refractivity contribution in [2.75, 3.05) is 18.5 Å². The fourth-order valence-corrected chi connectivity index (χ4v) is 1.43. The highest BCUT2D eigenvalue weighted by molar-refractivity contribution is 5.59. The molecule has 1 heterocycles. The minimum Gasteiger partial charge on any atom is -0.484 e. The van der Waals surface area contributed by atoms with Crippen LogP contribution in [0, 0.1) is 6.92 Å². The largest absolute Gasteiger partial charge is 0.484 e. The Morgan fingerprint density at radius 1 is 1.62 bits per heavy atom. The van der Waals surface area contributed by atoms with Crippen molar-refractivity contribution in [1.82, 2.24) is 0 Å². The minimum absolute atomic E-state index is 0.0559. The molecule has 70 valence electrons. The van der Waals surface area contributed by atoms with Crippen LogP contribution in [0.15, 0.2) is 18.2 Å². The molecule has 0 unspecified atom stereocenters. The highest BCUT2D eigenvalue weighted by Gasteiger charge is 2.17. The molecule has 3 nitrogen and oxygen atoms in total. The molecule has 2 rings (SSSR count). The summed E-state index contributed by atoms with van der Waals surface area (Å²) in [6.45, 7) is 2.77. The summed E-state index contributed by atoms with van der Waals surface area (Å²) in [6.07, 6.45) is -0.116. The molecular formula is C10H13NO2. The maximum atomic E-state index is 8.91.